The van der Waals surface area contributed by atoms with Crippen molar-refractivity contribution in [3.05, 3.63) is 47.8 Å². The Morgan fingerprint density at radius 1 is 1.33 bits per heavy atom. The molecule has 0 saturated carbocycles. The van der Waals surface area contributed by atoms with Crippen LogP contribution in [0.25, 0.3) is 0 Å². The zero-order valence-electron chi connectivity index (χ0n) is 11.2. The minimum Gasteiger partial charge on any atom is -0.455 e. The molecule has 6 nitrogen and oxygen atoms in total. The topological polar surface area (TPSA) is 101 Å². The van der Waals surface area contributed by atoms with Crippen LogP contribution in [0, 0.1) is 5.41 Å². The summed E-state index contributed by atoms with van der Waals surface area (Å²) < 4.78 is 5.77. The number of hydrogen-bond donors (Lipinski definition) is 3. The number of fused-ring (bicyclic) bond motifs is 1. The van der Waals surface area contributed by atoms with Crippen LogP contribution >= 0.6 is 0 Å². The lowest BCUT2D eigenvalue weighted by atomic mass is 10.0. The van der Waals surface area contributed by atoms with Gasteiger partial charge in [-0.15, -0.1) is 0 Å². The first-order valence-electron chi connectivity index (χ1n) is 6.53. The van der Waals surface area contributed by atoms with Gasteiger partial charge in [-0.25, -0.2) is 4.98 Å². The summed E-state index contributed by atoms with van der Waals surface area (Å²) in [5.41, 5.74) is 7.64. The fraction of sp³-hybridized carbons (Fsp3) is 0.133. The third kappa shape index (κ3) is 2.69. The number of carbonyl (C=O) groups excluding carboxylic acids is 1. The number of ether oxygens (including phenoxy) is 1. The maximum Gasteiger partial charge on any atom is 0.224 e. The van der Waals surface area contributed by atoms with E-state index < -0.39 is 0 Å². The molecule has 6 heteroatoms. The number of anilines is 1. The van der Waals surface area contributed by atoms with Crippen molar-refractivity contribution in [3.8, 4) is 11.5 Å². The zero-order chi connectivity index (χ0) is 14.8. The smallest absolute Gasteiger partial charge is 0.224 e. The highest BCUT2D eigenvalue weighted by Crippen LogP contribution is 2.30. The van der Waals surface area contributed by atoms with Gasteiger partial charge in [-0.2, -0.15) is 0 Å². The number of nitrogen functional groups attached to an aromatic ring is 1. The average Bonchev–Trinajstić information content (AvgIpc) is 2.48. The van der Waals surface area contributed by atoms with Gasteiger partial charge in [0.1, 0.15) is 17.3 Å². The summed E-state index contributed by atoms with van der Waals surface area (Å²) in [5.74, 6) is 0.948. The molecule has 2 heterocycles. The van der Waals surface area contributed by atoms with Gasteiger partial charge in [-0.3, -0.25) is 10.2 Å². The molecule has 0 aliphatic carbocycles. The third-order valence-electron chi connectivity index (χ3n) is 3.23. The molecular weight excluding hydrogens is 268 g/mol. The summed E-state index contributed by atoms with van der Waals surface area (Å²) in [6, 6.07) is 8.89. The quantitative estimate of drug-likeness (QED) is 0.592. The molecule has 106 valence electrons. The fourth-order valence-electron chi connectivity index (χ4n) is 2.23. The first-order chi connectivity index (χ1) is 10.1. The summed E-state index contributed by atoms with van der Waals surface area (Å²) in [7, 11) is 0. The normalized spacial score (nSPS) is 13.2. The number of amidine groups is 1. The second kappa shape index (κ2) is 5.24. The van der Waals surface area contributed by atoms with E-state index >= 15 is 0 Å². The minimum atomic E-state index is -0.143. The molecule has 1 amide bonds. The van der Waals surface area contributed by atoms with Crippen LogP contribution in [-0.2, 0) is 11.2 Å². The average molecular weight is 282 g/mol. The summed E-state index contributed by atoms with van der Waals surface area (Å²) in [6.45, 7) is 0. The van der Waals surface area contributed by atoms with Crippen molar-refractivity contribution in [3.63, 3.8) is 0 Å². The Morgan fingerprint density at radius 3 is 3.00 bits per heavy atom. The lowest BCUT2D eigenvalue weighted by molar-refractivity contribution is -0.116. The summed E-state index contributed by atoms with van der Waals surface area (Å²) in [5, 5.41) is 10.3. The maximum absolute atomic E-state index is 11.3. The molecule has 1 aromatic heterocycles. The van der Waals surface area contributed by atoms with Gasteiger partial charge in [0.05, 0.1) is 0 Å². The monoisotopic (exact) mass is 282 g/mol. The SMILES string of the molecule is N=C(N)c1ncccc1Oc1ccc2c(c1)CCC(=O)N2. The number of carbonyl (C=O) groups is 1. The summed E-state index contributed by atoms with van der Waals surface area (Å²) >= 11 is 0. The number of amides is 1. The first kappa shape index (κ1) is 13.1. The third-order valence-corrected chi connectivity index (χ3v) is 3.23. The molecule has 0 unspecified atom stereocenters. The number of benzene rings is 1. The Bertz CT molecular complexity index is 727. The molecule has 4 N–H and O–H groups in total. The van der Waals surface area contributed by atoms with Gasteiger partial charge in [-0.05, 0) is 42.3 Å². The number of nitrogens with zero attached hydrogens (tertiary/aromatic N) is 1. The molecule has 1 aliphatic heterocycles. The van der Waals surface area contributed by atoms with E-state index in [1.807, 2.05) is 12.1 Å². The van der Waals surface area contributed by atoms with Gasteiger partial charge in [0.25, 0.3) is 0 Å². The fourth-order valence-corrected chi connectivity index (χ4v) is 2.23. The lowest BCUT2D eigenvalue weighted by Crippen LogP contribution is -2.18. The van der Waals surface area contributed by atoms with Crippen molar-refractivity contribution in [2.45, 2.75) is 12.8 Å². The molecule has 0 bridgehead atoms. The highest BCUT2D eigenvalue weighted by atomic mass is 16.5. The van der Waals surface area contributed by atoms with Crippen LogP contribution < -0.4 is 15.8 Å². The highest BCUT2D eigenvalue weighted by Gasteiger charge is 2.16. The second-order valence-electron chi connectivity index (χ2n) is 4.73. The van der Waals surface area contributed by atoms with Crippen molar-refractivity contribution in [1.82, 2.24) is 4.98 Å². The van der Waals surface area contributed by atoms with E-state index in [9.17, 15) is 4.79 Å². The number of rotatable bonds is 3. The molecule has 0 saturated heterocycles. The predicted octanol–water partition coefficient (Wildman–Crippen LogP) is 2.04. The van der Waals surface area contributed by atoms with Crippen molar-refractivity contribution >= 4 is 17.4 Å². The van der Waals surface area contributed by atoms with E-state index in [0.29, 0.717) is 30.0 Å². The van der Waals surface area contributed by atoms with Gasteiger partial charge in [0.15, 0.2) is 5.75 Å². The zero-order valence-corrected chi connectivity index (χ0v) is 11.2. The molecule has 0 spiro atoms. The minimum absolute atomic E-state index is 0.0299. The van der Waals surface area contributed by atoms with E-state index in [1.54, 1.807) is 24.4 Å². The number of hydrogen-bond acceptors (Lipinski definition) is 4. The van der Waals surface area contributed by atoms with E-state index in [1.165, 1.54) is 0 Å². The molecule has 2 aromatic rings. The first-order valence-corrected chi connectivity index (χ1v) is 6.53. The van der Waals surface area contributed by atoms with Crippen molar-refractivity contribution in [2.24, 2.45) is 5.73 Å². The summed E-state index contributed by atoms with van der Waals surface area (Å²) in [4.78, 5) is 15.4. The Morgan fingerprint density at radius 2 is 2.19 bits per heavy atom. The molecule has 1 aliphatic rings. The van der Waals surface area contributed by atoms with E-state index in [0.717, 1.165) is 11.3 Å². The van der Waals surface area contributed by atoms with Gasteiger partial charge in [-0.1, -0.05) is 0 Å². The van der Waals surface area contributed by atoms with Gasteiger partial charge < -0.3 is 15.8 Å². The van der Waals surface area contributed by atoms with E-state index in [-0.39, 0.29) is 11.7 Å². The molecular formula is C15H14N4O2. The van der Waals surface area contributed by atoms with Crippen LogP contribution in [0.3, 0.4) is 0 Å². The largest absolute Gasteiger partial charge is 0.455 e. The van der Waals surface area contributed by atoms with E-state index in [4.69, 9.17) is 15.9 Å². The van der Waals surface area contributed by atoms with Crippen LogP contribution in [0.5, 0.6) is 11.5 Å². The lowest BCUT2D eigenvalue weighted by Gasteiger charge is -2.18. The molecule has 3 rings (SSSR count). The van der Waals surface area contributed by atoms with E-state index in [2.05, 4.69) is 10.3 Å². The standard InChI is InChI=1S/C15H14N4O2/c16-15(17)14-12(2-1-7-18-14)21-10-4-5-11-9(8-10)3-6-13(20)19-11/h1-2,4-5,7-8H,3,6H2,(H3,16,17)(H,19,20). The van der Waals surface area contributed by atoms with Crippen molar-refractivity contribution < 1.29 is 9.53 Å². The van der Waals surface area contributed by atoms with Crippen LogP contribution in [0.2, 0.25) is 0 Å². The molecule has 1 aromatic carbocycles. The summed E-state index contributed by atoms with van der Waals surface area (Å²) in [6.07, 6.45) is 2.72. The van der Waals surface area contributed by atoms with Crippen LogP contribution in [0.15, 0.2) is 36.5 Å². The van der Waals surface area contributed by atoms with Crippen LogP contribution in [0.4, 0.5) is 5.69 Å². The number of nitrogens with two attached hydrogens (primary N) is 1. The Hall–Kier alpha value is -2.89. The molecule has 0 fully saturated rings. The van der Waals surface area contributed by atoms with Crippen LogP contribution in [0.1, 0.15) is 17.7 Å². The molecule has 0 radical (unpaired) electrons. The second-order valence-corrected chi connectivity index (χ2v) is 4.73. The Labute approximate surface area is 121 Å². The van der Waals surface area contributed by atoms with Gasteiger partial charge >= 0.3 is 0 Å². The number of nitrogens with one attached hydrogen (secondary N) is 2. The highest BCUT2D eigenvalue weighted by molar-refractivity contribution is 5.96. The van der Waals surface area contributed by atoms with Crippen molar-refractivity contribution in [2.75, 3.05) is 5.32 Å². The number of pyridine rings is 1. The maximum atomic E-state index is 11.3. The number of aryl methyl sites for hydroxylation is 1. The Kier molecular flexibility index (Phi) is 3.27. The van der Waals surface area contributed by atoms with Gasteiger partial charge in [0, 0.05) is 18.3 Å². The van der Waals surface area contributed by atoms with Gasteiger partial charge in [0.2, 0.25) is 5.91 Å². The van der Waals surface area contributed by atoms with Crippen LogP contribution in [-0.4, -0.2) is 16.7 Å². The van der Waals surface area contributed by atoms with Crippen molar-refractivity contribution in [1.29, 1.82) is 5.41 Å². The predicted molar refractivity (Wildman–Crippen MR) is 78.7 cm³/mol. The molecule has 21 heavy (non-hydrogen) atoms. The molecule has 0 atom stereocenters. The number of aromatic nitrogens is 1. The Balaban J connectivity index is 1.89.